The molecule has 27 heavy (non-hydrogen) atoms. The van der Waals surface area contributed by atoms with E-state index in [4.69, 9.17) is 4.43 Å². The molecule has 140 valence electrons. The third-order valence-corrected chi connectivity index (χ3v) is 6.11. The van der Waals surface area contributed by atoms with Crippen LogP contribution in [0.4, 0.5) is 0 Å². The Kier molecular flexibility index (Phi) is 9.60. The molecule has 0 heterocycles. The van der Waals surface area contributed by atoms with Gasteiger partial charge in [0.1, 0.15) is 0 Å². The van der Waals surface area contributed by atoms with Crippen molar-refractivity contribution in [2.75, 3.05) is 0 Å². The minimum atomic E-state index is -1.26. The van der Waals surface area contributed by atoms with Crippen LogP contribution < -0.4 is 10.4 Å². The maximum absolute atomic E-state index is 6.66. The number of benzene rings is 3. The Labute approximate surface area is 171 Å². The quantitative estimate of drug-likeness (QED) is 0.476. The van der Waals surface area contributed by atoms with Crippen molar-refractivity contribution < 1.29 is 4.43 Å². The van der Waals surface area contributed by atoms with Gasteiger partial charge in [0.25, 0.3) is 9.04 Å². The van der Waals surface area contributed by atoms with Gasteiger partial charge in [0.15, 0.2) is 0 Å². The van der Waals surface area contributed by atoms with E-state index in [1.807, 2.05) is 0 Å². The zero-order chi connectivity index (χ0) is 19.5. The predicted octanol–water partition coefficient (Wildman–Crippen LogP) is 5.33. The Hall–Kier alpha value is -1.62. The Balaban J connectivity index is 0.000000596. The van der Waals surface area contributed by atoms with Gasteiger partial charge in [-0.3, -0.25) is 0 Å². The molecule has 0 amide bonds. The second-order valence-corrected chi connectivity index (χ2v) is 15.3. The van der Waals surface area contributed by atoms with E-state index in [-0.39, 0.29) is 20.5 Å². The summed E-state index contributed by atoms with van der Waals surface area (Å²) in [6.45, 7) is 2.19. The first-order valence-electron chi connectivity index (χ1n) is 9.58. The van der Waals surface area contributed by atoms with Crippen molar-refractivity contribution in [1.82, 2.24) is 0 Å². The summed E-state index contributed by atoms with van der Waals surface area (Å²) in [6, 6.07) is 31.7. The molecule has 3 aromatic rings. The summed E-state index contributed by atoms with van der Waals surface area (Å²) in [7, 11) is -1.26. The molecular formula is C24H30GeOSi. The topological polar surface area (TPSA) is 9.23 Å². The van der Waals surface area contributed by atoms with Crippen LogP contribution in [-0.4, -0.2) is 23.4 Å². The molecule has 3 rings (SSSR count). The summed E-state index contributed by atoms with van der Waals surface area (Å²) in [5, 5.41) is 2.58. The van der Waals surface area contributed by atoms with Gasteiger partial charge in [-0.15, -0.1) is 0 Å². The molecule has 1 atom stereocenters. The molecule has 2 radical (unpaired) electrons. The van der Waals surface area contributed by atoms with Gasteiger partial charge in [-0.1, -0.05) is 97.9 Å². The molecule has 0 aliphatic heterocycles. The van der Waals surface area contributed by atoms with Crippen LogP contribution in [0.5, 0.6) is 0 Å². The van der Waals surface area contributed by atoms with Crippen LogP contribution in [0.15, 0.2) is 91.0 Å². The predicted molar refractivity (Wildman–Crippen MR) is 122 cm³/mol. The number of hydrogen-bond donors (Lipinski definition) is 0. The molecule has 0 saturated heterocycles. The molecule has 1 nitrogen and oxygen atoms in total. The van der Waals surface area contributed by atoms with Gasteiger partial charge in [0, 0.05) is 0 Å². The molecule has 0 aliphatic carbocycles. The second kappa shape index (κ2) is 12.0. The first kappa shape index (κ1) is 21.7. The van der Waals surface area contributed by atoms with Crippen LogP contribution in [-0.2, 0) is 4.43 Å². The van der Waals surface area contributed by atoms with Gasteiger partial charge in [-0.2, -0.15) is 0 Å². The Morgan fingerprint density at radius 1 is 0.704 bits per heavy atom. The molecule has 0 fully saturated rings. The van der Waals surface area contributed by atoms with E-state index < -0.39 is 9.04 Å². The van der Waals surface area contributed by atoms with Crippen LogP contribution in [0, 0.1) is 0 Å². The molecule has 3 heteroatoms. The van der Waals surface area contributed by atoms with Gasteiger partial charge in [0.05, 0.1) is 6.10 Å². The molecule has 0 N–H and O–H groups in total. The normalized spacial score (nSPS) is 11.8. The van der Waals surface area contributed by atoms with E-state index in [1.54, 1.807) is 0 Å². The minimum absolute atomic E-state index is 0.130. The van der Waals surface area contributed by atoms with Crippen molar-refractivity contribution in [3.8, 4) is 0 Å². The summed E-state index contributed by atoms with van der Waals surface area (Å²) in [5.74, 6) is 7.00. The van der Waals surface area contributed by atoms with Gasteiger partial charge >= 0.3 is 31.6 Å². The fourth-order valence-corrected chi connectivity index (χ4v) is 4.86. The van der Waals surface area contributed by atoms with Crippen molar-refractivity contribution in [2.24, 2.45) is 0 Å². The first-order valence-corrected chi connectivity index (χ1v) is 17.3. The monoisotopic (exact) mass is 436 g/mol. The summed E-state index contributed by atoms with van der Waals surface area (Å²) in [4.78, 5) is 0. The summed E-state index contributed by atoms with van der Waals surface area (Å²) >= 11 is -0.333. The van der Waals surface area contributed by atoms with Crippen LogP contribution >= 0.6 is 0 Å². The second-order valence-electron chi connectivity index (χ2n) is 6.99. The van der Waals surface area contributed by atoms with E-state index >= 15 is 0 Å². The molecule has 0 bridgehead atoms. The summed E-state index contributed by atoms with van der Waals surface area (Å²) in [6.07, 6.45) is 1.10. The van der Waals surface area contributed by atoms with Gasteiger partial charge < -0.3 is 4.43 Å². The van der Waals surface area contributed by atoms with Crippen molar-refractivity contribution in [3.63, 3.8) is 0 Å². The standard InChI is InChI=1S/C21H21OSi.C3H9Ge/c1-2-21(18-12-6-3-7-13-18)22-23(19-14-8-4-9-15-19)20-16-10-5-11-17-20;1-4(2)3/h3-17,21H,2H2,1H3;1-3H3. The van der Waals surface area contributed by atoms with Crippen LogP contribution in [0.25, 0.3) is 0 Å². The Morgan fingerprint density at radius 2 is 1.07 bits per heavy atom. The van der Waals surface area contributed by atoms with E-state index in [1.165, 1.54) is 15.9 Å². The molecule has 1 unspecified atom stereocenters. The van der Waals surface area contributed by atoms with E-state index in [2.05, 4.69) is 115 Å². The molecule has 0 aliphatic rings. The zero-order valence-corrected chi connectivity index (χ0v) is 20.0. The summed E-state index contributed by atoms with van der Waals surface area (Å²) < 4.78 is 6.66. The number of hydrogen-bond acceptors (Lipinski definition) is 1. The van der Waals surface area contributed by atoms with Gasteiger partial charge in [-0.25, -0.2) is 0 Å². The zero-order valence-electron chi connectivity index (χ0n) is 16.9. The average Bonchev–Trinajstić information content (AvgIpc) is 2.70. The van der Waals surface area contributed by atoms with E-state index in [0.717, 1.165) is 6.42 Å². The fraction of sp³-hybridized carbons (Fsp3) is 0.250. The van der Waals surface area contributed by atoms with Crippen LogP contribution in [0.2, 0.25) is 17.3 Å². The van der Waals surface area contributed by atoms with Crippen molar-refractivity contribution in [2.45, 2.75) is 36.7 Å². The van der Waals surface area contributed by atoms with Crippen molar-refractivity contribution in [3.05, 3.63) is 96.6 Å². The molecular weight excluding hydrogens is 405 g/mol. The number of rotatable bonds is 6. The molecule has 0 saturated carbocycles. The van der Waals surface area contributed by atoms with Crippen LogP contribution in [0.3, 0.4) is 0 Å². The molecule has 3 aromatic carbocycles. The van der Waals surface area contributed by atoms with Crippen LogP contribution in [0.1, 0.15) is 25.0 Å². The molecule has 0 aromatic heterocycles. The van der Waals surface area contributed by atoms with Crippen molar-refractivity contribution >= 4 is 33.8 Å². The van der Waals surface area contributed by atoms with Gasteiger partial charge in [-0.05, 0) is 22.4 Å². The third-order valence-electron chi connectivity index (χ3n) is 3.87. The van der Waals surface area contributed by atoms with E-state index in [0.29, 0.717) is 0 Å². The first-order chi connectivity index (χ1) is 13.1. The SMILES string of the molecule is CCC(O[Si](c1ccccc1)c1ccccc1)c1ccccc1.[CH3][Ge]([CH3])[CH3]. The molecule has 0 spiro atoms. The van der Waals surface area contributed by atoms with Crippen molar-refractivity contribution in [1.29, 1.82) is 0 Å². The Bertz CT molecular complexity index is 705. The average molecular weight is 435 g/mol. The fourth-order valence-electron chi connectivity index (χ4n) is 2.68. The maximum atomic E-state index is 6.66. The summed E-state index contributed by atoms with van der Waals surface area (Å²) in [5.41, 5.74) is 1.25. The Morgan fingerprint density at radius 3 is 1.44 bits per heavy atom. The third kappa shape index (κ3) is 7.49. The van der Waals surface area contributed by atoms with E-state index in [9.17, 15) is 0 Å². The van der Waals surface area contributed by atoms with Gasteiger partial charge in [0.2, 0.25) is 0 Å².